The molecule has 0 aliphatic carbocycles. The maximum atomic E-state index is 2.75. The van der Waals surface area contributed by atoms with Crippen molar-refractivity contribution in [2.45, 2.75) is 78.6 Å². The van der Waals surface area contributed by atoms with Crippen molar-refractivity contribution in [3.8, 4) is 78.1 Å². The molecule has 0 saturated carbocycles. The first kappa shape index (κ1) is 69.5. The summed E-state index contributed by atoms with van der Waals surface area (Å²) in [4.78, 5) is 5.50. The Hall–Kier alpha value is -13.5. The lowest BCUT2D eigenvalue weighted by Gasteiger charge is -2.47. The van der Waals surface area contributed by atoms with E-state index in [-0.39, 0.29) is 23.0 Å². The Kier molecular flexibility index (Phi) is 16.1. The fourth-order valence-electron chi connectivity index (χ4n) is 19.1. The van der Waals surface area contributed by atoms with Crippen molar-refractivity contribution in [2.75, 3.05) is 9.80 Å². The van der Waals surface area contributed by atoms with Crippen LogP contribution in [-0.4, -0.2) is 15.8 Å². The molecule has 0 radical (unpaired) electrons. The van der Waals surface area contributed by atoms with Crippen LogP contribution in [0, 0.1) is 0 Å². The summed E-state index contributed by atoms with van der Waals surface area (Å²) in [6.45, 7) is 21.1. The predicted octanol–water partition coefficient (Wildman–Crippen LogP) is 28.2. The van der Waals surface area contributed by atoms with Crippen LogP contribution in [0.25, 0.3) is 143 Å². The van der Waals surface area contributed by atoms with E-state index in [9.17, 15) is 0 Å². The number of para-hydroxylation sites is 2. The monoisotopic (exact) mass is 1470 g/mol. The molecule has 0 bridgehead atoms. The zero-order valence-electron chi connectivity index (χ0n) is 66.5. The second kappa shape index (κ2) is 26.6. The van der Waals surface area contributed by atoms with Crippen molar-refractivity contribution < 1.29 is 0 Å². The van der Waals surface area contributed by atoms with E-state index >= 15 is 0 Å². The van der Waals surface area contributed by atoms with Crippen LogP contribution in [0.5, 0.6) is 0 Å². The van der Waals surface area contributed by atoms with E-state index in [1.165, 1.54) is 98.4 Å². The van der Waals surface area contributed by atoms with Gasteiger partial charge in [-0.15, -0.1) is 0 Å². The molecule has 0 atom stereocenters. The summed E-state index contributed by atoms with van der Waals surface area (Å²) in [6.07, 6.45) is 0. The molecule has 0 spiro atoms. The van der Waals surface area contributed by atoms with Crippen molar-refractivity contribution >= 4 is 122 Å². The molecule has 0 unspecified atom stereocenters. The number of nitrogens with zero attached hydrogens (tertiary/aromatic N) is 4. The van der Waals surface area contributed by atoms with Crippen LogP contribution in [0.4, 0.5) is 34.1 Å². The van der Waals surface area contributed by atoms with Crippen LogP contribution >= 0.6 is 0 Å². The van der Waals surface area contributed by atoms with Crippen molar-refractivity contribution in [3.63, 3.8) is 0 Å². The average molecular weight is 1480 g/mol. The maximum Gasteiger partial charge on any atom is 0.252 e. The number of aromatic nitrogens is 2. The van der Waals surface area contributed by atoms with Gasteiger partial charge in [-0.25, -0.2) is 0 Å². The van der Waals surface area contributed by atoms with Crippen LogP contribution < -0.4 is 26.2 Å². The first-order valence-electron chi connectivity index (χ1n) is 40.7. The van der Waals surface area contributed by atoms with Crippen LogP contribution in [0.15, 0.2) is 364 Å². The second-order valence-electron chi connectivity index (χ2n) is 34.7. The zero-order chi connectivity index (χ0) is 77.8. The fourth-order valence-corrected chi connectivity index (χ4v) is 19.1. The molecule has 2 aliphatic rings. The molecular formula is C110H87BN4. The molecule has 21 rings (SSSR count). The van der Waals surface area contributed by atoms with E-state index in [0.717, 1.165) is 112 Å². The van der Waals surface area contributed by atoms with Gasteiger partial charge in [-0.05, 0) is 200 Å². The van der Waals surface area contributed by atoms with Crippen molar-refractivity contribution in [1.82, 2.24) is 9.13 Å². The number of hydrogen-bond donors (Lipinski definition) is 0. The molecule has 0 saturated heterocycles. The van der Waals surface area contributed by atoms with E-state index in [0.29, 0.717) is 0 Å². The number of anilines is 6. The van der Waals surface area contributed by atoms with Gasteiger partial charge in [0.15, 0.2) is 0 Å². The third kappa shape index (κ3) is 11.2. The minimum absolute atomic E-state index is 0.218. The third-order valence-corrected chi connectivity index (χ3v) is 24.7. The summed E-state index contributed by atoms with van der Waals surface area (Å²) in [6, 6.07) is 139. The summed E-state index contributed by atoms with van der Waals surface area (Å²) >= 11 is 0. The van der Waals surface area contributed by atoms with Gasteiger partial charge in [0.1, 0.15) is 0 Å². The van der Waals surface area contributed by atoms with Gasteiger partial charge in [0.25, 0.3) is 6.71 Å². The highest BCUT2D eigenvalue weighted by Gasteiger charge is 2.47. The standard InChI is InChI=1S/C110H87BN4/c1-108(2,3)76-60-89(72-40-20-12-21-41-72)106(90(61-76)73-42-22-13-23-43-73)114-97-66-79(112-95-54-34-32-52-85(95)103-83-50-30-28-48-81(83)87(68-99(103)112)70-36-16-10-17-37-70)56-58-93(97)111-94-59-57-80(113-96-55-35-33-53-86(96)104-84-51-31-29-49-82(84)88(69-100(104)113)71-38-18-11-19-39-71)67-98(94)115(102-65-78(110(7,8)9)64-101(114)105(102)111)107-91(74-44-24-14-25-45-74)62-77(109(4,5)6)63-92(107)75-46-26-15-27-47-75/h10-69H,1-9H3. The van der Waals surface area contributed by atoms with E-state index in [2.05, 4.69) is 445 Å². The normalized spacial score (nSPS) is 12.9. The largest absolute Gasteiger partial charge is 0.310 e. The van der Waals surface area contributed by atoms with E-state index in [4.69, 9.17) is 0 Å². The minimum atomic E-state index is -0.367. The van der Waals surface area contributed by atoms with Gasteiger partial charge in [-0.3, -0.25) is 0 Å². The first-order valence-corrected chi connectivity index (χ1v) is 40.7. The lowest BCUT2D eigenvalue weighted by Crippen LogP contribution is -2.61. The van der Waals surface area contributed by atoms with E-state index < -0.39 is 0 Å². The van der Waals surface area contributed by atoms with Crippen LogP contribution in [-0.2, 0) is 16.2 Å². The van der Waals surface area contributed by atoms with Crippen molar-refractivity contribution in [2.24, 2.45) is 0 Å². The van der Waals surface area contributed by atoms with Gasteiger partial charge in [-0.1, -0.05) is 341 Å². The number of hydrogen-bond acceptors (Lipinski definition) is 2. The van der Waals surface area contributed by atoms with Gasteiger partial charge in [0.2, 0.25) is 0 Å². The SMILES string of the molecule is CC(C)(C)c1cc(-c2ccccc2)c(N2c3cc(-n4c5ccccc5c5c6ccccc6c(-c6ccccc6)cc54)ccc3B3c4ccc(-n5c6ccccc6c6c7ccccc7c(-c7ccccc7)cc65)cc4N(c4c(-c5ccccc5)cc(C(C)(C)C)cc4-c4ccccc4)c4cc(C(C)(C)C)cc2c43)c(-c2ccccc2)c1. The molecule has 115 heavy (non-hydrogen) atoms. The molecule has 17 aromatic carbocycles. The second-order valence-corrected chi connectivity index (χ2v) is 34.7. The van der Waals surface area contributed by atoms with Gasteiger partial charge >= 0.3 is 0 Å². The maximum absolute atomic E-state index is 2.75. The molecule has 4 nitrogen and oxygen atoms in total. The summed E-state index contributed by atoms with van der Waals surface area (Å²) in [7, 11) is 0. The van der Waals surface area contributed by atoms with Crippen LogP contribution in [0.3, 0.4) is 0 Å². The molecular weight excluding hydrogens is 1390 g/mol. The zero-order valence-corrected chi connectivity index (χ0v) is 66.5. The quantitative estimate of drug-likeness (QED) is 0.127. The summed E-state index contributed by atoms with van der Waals surface area (Å²) in [5, 5.41) is 9.85. The number of fused-ring (bicyclic) bond motifs is 14. The van der Waals surface area contributed by atoms with Gasteiger partial charge in [0.05, 0.1) is 33.4 Å². The van der Waals surface area contributed by atoms with Crippen LogP contribution in [0.2, 0.25) is 0 Å². The molecule has 0 amide bonds. The van der Waals surface area contributed by atoms with Crippen molar-refractivity contribution in [1.29, 1.82) is 0 Å². The lowest BCUT2D eigenvalue weighted by molar-refractivity contribution is 0.590. The van der Waals surface area contributed by atoms with E-state index in [1.807, 2.05) is 0 Å². The smallest absolute Gasteiger partial charge is 0.252 e. The Morgan fingerprint density at radius 1 is 0.217 bits per heavy atom. The molecule has 4 heterocycles. The molecule has 0 fully saturated rings. The minimum Gasteiger partial charge on any atom is -0.310 e. The molecule has 5 heteroatoms. The highest BCUT2D eigenvalue weighted by atomic mass is 15.2. The molecule has 2 aromatic heterocycles. The van der Waals surface area contributed by atoms with E-state index in [1.54, 1.807) is 0 Å². The Bertz CT molecular complexity index is 6580. The Balaban J connectivity index is 0.946. The van der Waals surface area contributed by atoms with Gasteiger partial charge < -0.3 is 18.9 Å². The topological polar surface area (TPSA) is 16.3 Å². The van der Waals surface area contributed by atoms with Crippen LogP contribution in [0.1, 0.15) is 79.0 Å². The lowest BCUT2D eigenvalue weighted by atomic mass is 9.33. The highest BCUT2D eigenvalue weighted by Crippen LogP contribution is 2.57. The Morgan fingerprint density at radius 2 is 0.487 bits per heavy atom. The summed E-state index contributed by atoms with van der Waals surface area (Å²) in [5.74, 6) is 0. The predicted molar refractivity (Wildman–Crippen MR) is 493 cm³/mol. The molecule has 0 N–H and O–H groups in total. The summed E-state index contributed by atoms with van der Waals surface area (Å²) < 4.78 is 5.15. The Morgan fingerprint density at radius 3 is 0.800 bits per heavy atom. The van der Waals surface area contributed by atoms with Crippen molar-refractivity contribution in [3.05, 3.63) is 381 Å². The number of benzene rings is 17. The first-order chi connectivity index (χ1) is 56.0. The fraction of sp³-hybridized carbons (Fsp3) is 0.109. The van der Waals surface area contributed by atoms with Gasteiger partial charge in [0, 0.05) is 77.9 Å². The highest BCUT2D eigenvalue weighted by molar-refractivity contribution is 7.00. The third-order valence-electron chi connectivity index (χ3n) is 24.7. The van der Waals surface area contributed by atoms with Gasteiger partial charge in [-0.2, -0.15) is 0 Å². The molecule has 19 aromatic rings. The average Bonchev–Trinajstić information content (AvgIpc) is 0.881. The summed E-state index contributed by atoms with van der Waals surface area (Å²) in [5.41, 5.74) is 34.2. The molecule has 550 valence electrons. The molecule has 2 aliphatic heterocycles. The number of rotatable bonds is 10. The Labute approximate surface area is 674 Å².